The topological polar surface area (TPSA) is 55.3 Å². The second-order valence-corrected chi connectivity index (χ2v) is 4.66. The van der Waals surface area contributed by atoms with Gasteiger partial charge in [-0.2, -0.15) is 0 Å². The Kier molecular flexibility index (Phi) is 2.37. The molecule has 0 unspecified atom stereocenters. The largest absolute Gasteiger partial charge is 0.381 e. The molecule has 0 bridgehead atoms. The Labute approximate surface area is 100 Å². The number of benzene rings is 1. The minimum atomic E-state index is 0.425. The average molecular weight is 229 g/mol. The maximum Gasteiger partial charge on any atom is 0.169 e. The van der Waals surface area contributed by atoms with Crippen molar-refractivity contribution in [2.24, 2.45) is 0 Å². The van der Waals surface area contributed by atoms with E-state index in [1.807, 2.05) is 6.07 Å². The van der Waals surface area contributed by atoms with Gasteiger partial charge in [0.25, 0.3) is 0 Å². The molecule has 1 fully saturated rings. The van der Waals surface area contributed by atoms with Crippen LogP contribution in [0.25, 0.3) is 11.3 Å². The van der Waals surface area contributed by atoms with Crippen molar-refractivity contribution in [3.8, 4) is 11.3 Å². The van der Waals surface area contributed by atoms with Gasteiger partial charge < -0.3 is 15.2 Å². The van der Waals surface area contributed by atoms with Gasteiger partial charge in [0.2, 0.25) is 0 Å². The molecule has 0 aliphatic carbocycles. The molecule has 1 aliphatic heterocycles. The van der Waals surface area contributed by atoms with Crippen LogP contribution >= 0.6 is 0 Å². The van der Waals surface area contributed by atoms with E-state index in [1.165, 1.54) is 5.56 Å². The number of nitrogens with two attached hydrogens (primary N) is 1. The lowest BCUT2D eigenvalue weighted by molar-refractivity contribution is 0.190. The summed E-state index contributed by atoms with van der Waals surface area (Å²) in [5.74, 6) is 1.80. The van der Waals surface area contributed by atoms with Gasteiger partial charge in [0.15, 0.2) is 11.6 Å². The van der Waals surface area contributed by atoms with Crippen molar-refractivity contribution in [1.29, 1.82) is 0 Å². The molecular formula is C13H15N3O. The number of anilines is 1. The fourth-order valence-electron chi connectivity index (χ4n) is 2.28. The second kappa shape index (κ2) is 3.89. The third kappa shape index (κ3) is 1.91. The molecule has 1 aromatic heterocycles. The minimum absolute atomic E-state index is 0.425. The molecule has 88 valence electrons. The molecule has 4 heteroatoms. The number of hydrogen-bond acceptors (Lipinski definition) is 4. The first-order valence-electron chi connectivity index (χ1n) is 5.73. The fourth-order valence-corrected chi connectivity index (χ4v) is 2.28. The quantitative estimate of drug-likeness (QED) is 0.855. The van der Waals surface area contributed by atoms with Crippen LogP contribution in [-0.4, -0.2) is 30.2 Å². The van der Waals surface area contributed by atoms with Crippen LogP contribution in [0.3, 0.4) is 0 Å². The van der Waals surface area contributed by atoms with Crippen molar-refractivity contribution in [1.82, 2.24) is 10.1 Å². The molecule has 0 amide bonds. The van der Waals surface area contributed by atoms with Crippen LogP contribution in [0.1, 0.15) is 11.5 Å². The fraction of sp³-hybridized carbons (Fsp3) is 0.308. The zero-order chi connectivity index (χ0) is 11.8. The molecule has 17 heavy (non-hydrogen) atoms. The van der Waals surface area contributed by atoms with Crippen molar-refractivity contribution in [2.45, 2.75) is 5.92 Å². The number of rotatable bonds is 2. The van der Waals surface area contributed by atoms with Gasteiger partial charge in [-0.15, -0.1) is 0 Å². The van der Waals surface area contributed by atoms with Crippen LogP contribution in [0.5, 0.6) is 0 Å². The monoisotopic (exact) mass is 229 g/mol. The number of nitrogens with zero attached hydrogens (tertiary/aromatic N) is 2. The Morgan fingerprint density at radius 3 is 2.82 bits per heavy atom. The first-order chi connectivity index (χ1) is 8.22. The molecular weight excluding hydrogens is 214 g/mol. The van der Waals surface area contributed by atoms with E-state index in [4.69, 9.17) is 10.3 Å². The Morgan fingerprint density at radius 1 is 1.35 bits per heavy atom. The van der Waals surface area contributed by atoms with E-state index in [0.29, 0.717) is 11.7 Å². The van der Waals surface area contributed by atoms with Gasteiger partial charge in [-0.25, -0.2) is 0 Å². The first-order valence-corrected chi connectivity index (χ1v) is 5.73. The van der Waals surface area contributed by atoms with Crippen LogP contribution < -0.4 is 5.73 Å². The average Bonchev–Trinajstić information content (AvgIpc) is 2.72. The highest BCUT2D eigenvalue weighted by atomic mass is 16.5. The molecule has 0 spiro atoms. The molecule has 0 saturated carbocycles. The first kappa shape index (κ1) is 10.4. The summed E-state index contributed by atoms with van der Waals surface area (Å²) >= 11 is 0. The lowest BCUT2D eigenvalue weighted by Gasteiger charge is -2.36. The minimum Gasteiger partial charge on any atom is -0.381 e. The molecule has 2 aromatic rings. The summed E-state index contributed by atoms with van der Waals surface area (Å²) in [5, 5.41) is 3.71. The predicted molar refractivity (Wildman–Crippen MR) is 66.6 cm³/mol. The Balaban J connectivity index is 1.89. The Morgan fingerprint density at radius 2 is 2.18 bits per heavy atom. The van der Waals surface area contributed by atoms with E-state index in [2.05, 4.69) is 35.3 Å². The van der Waals surface area contributed by atoms with Crippen molar-refractivity contribution in [3.05, 3.63) is 35.9 Å². The smallest absolute Gasteiger partial charge is 0.169 e. The molecule has 1 saturated heterocycles. The van der Waals surface area contributed by atoms with Crippen LogP contribution in [0.4, 0.5) is 5.82 Å². The van der Waals surface area contributed by atoms with Gasteiger partial charge in [-0.3, -0.25) is 0 Å². The van der Waals surface area contributed by atoms with Gasteiger partial charge in [-0.1, -0.05) is 23.4 Å². The molecule has 1 aliphatic rings. The van der Waals surface area contributed by atoms with Gasteiger partial charge in [0.1, 0.15) is 0 Å². The highest BCUT2D eigenvalue weighted by Crippen LogP contribution is 2.29. The lowest BCUT2D eigenvalue weighted by atomic mass is 9.91. The molecule has 0 radical (unpaired) electrons. The SMILES string of the molecule is CN1CC(c2cccc(-c3cc(N)no3)c2)C1. The van der Waals surface area contributed by atoms with Crippen molar-refractivity contribution < 1.29 is 4.52 Å². The summed E-state index contributed by atoms with van der Waals surface area (Å²) in [7, 11) is 2.14. The van der Waals surface area contributed by atoms with Gasteiger partial charge in [0.05, 0.1) is 0 Å². The highest BCUT2D eigenvalue weighted by Gasteiger charge is 2.24. The number of aromatic nitrogens is 1. The number of likely N-dealkylation sites (tertiary alicyclic amines) is 1. The molecule has 2 N–H and O–H groups in total. The molecule has 2 heterocycles. The Hall–Kier alpha value is -1.81. The van der Waals surface area contributed by atoms with Crippen LogP contribution in [0.15, 0.2) is 34.9 Å². The number of likely N-dealkylation sites (N-methyl/N-ethyl adjacent to an activating group) is 1. The van der Waals surface area contributed by atoms with Gasteiger partial charge in [-0.05, 0) is 18.7 Å². The summed E-state index contributed by atoms with van der Waals surface area (Å²) in [6, 6.07) is 10.2. The van der Waals surface area contributed by atoms with Crippen molar-refractivity contribution >= 4 is 5.82 Å². The van der Waals surface area contributed by atoms with E-state index in [1.54, 1.807) is 6.07 Å². The van der Waals surface area contributed by atoms with Gasteiger partial charge >= 0.3 is 0 Å². The number of nitrogen functional groups attached to an aromatic ring is 1. The van der Waals surface area contributed by atoms with Crippen molar-refractivity contribution in [2.75, 3.05) is 25.9 Å². The third-order valence-electron chi connectivity index (χ3n) is 3.24. The molecule has 4 nitrogen and oxygen atoms in total. The van der Waals surface area contributed by atoms with E-state index in [9.17, 15) is 0 Å². The van der Waals surface area contributed by atoms with E-state index < -0.39 is 0 Å². The van der Waals surface area contributed by atoms with Crippen LogP contribution in [0.2, 0.25) is 0 Å². The molecule has 0 atom stereocenters. The third-order valence-corrected chi connectivity index (χ3v) is 3.24. The summed E-state index contributed by atoms with van der Waals surface area (Å²) in [4.78, 5) is 2.31. The standard InChI is InChI=1S/C13H15N3O/c1-16-7-11(8-16)9-3-2-4-10(5-9)12-6-13(14)15-17-12/h2-6,11H,7-8H2,1H3,(H2,14,15). The predicted octanol–water partition coefficient (Wildman–Crippen LogP) is 1.95. The maximum atomic E-state index is 5.56. The van der Waals surface area contributed by atoms with Crippen LogP contribution in [0, 0.1) is 0 Å². The van der Waals surface area contributed by atoms with E-state index in [0.717, 1.165) is 24.4 Å². The summed E-state index contributed by atoms with van der Waals surface area (Å²) < 4.78 is 5.17. The lowest BCUT2D eigenvalue weighted by Crippen LogP contribution is -2.41. The Bertz CT molecular complexity index is 529. The van der Waals surface area contributed by atoms with Crippen LogP contribution in [-0.2, 0) is 0 Å². The zero-order valence-corrected chi connectivity index (χ0v) is 9.76. The second-order valence-electron chi connectivity index (χ2n) is 4.66. The van der Waals surface area contributed by atoms with Gasteiger partial charge in [0, 0.05) is 30.6 Å². The molecule has 3 rings (SSSR count). The van der Waals surface area contributed by atoms with E-state index >= 15 is 0 Å². The molecule has 1 aromatic carbocycles. The summed E-state index contributed by atoms with van der Waals surface area (Å²) in [6.07, 6.45) is 0. The summed E-state index contributed by atoms with van der Waals surface area (Å²) in [6.45, 7) is 2.25. The normalized spacial score (nSPS) is 17.0. The van der Waals surface area contributed by atoms with Crippen molar-refractivity contribution in [3.63, 3.8) is 0 Å². The summed E-state index contributed by atoms with van der Waals surface area (Å²) in [5.41, 5.74) is 7.96. The highest BCUT2D eigenvalue weighted by molar-refractivity contribution is 5.61. The number of hydrogen-bond donors (Lipinski definition) is 1. The van der Waals surface area contributed by atoms with E-state index in [-0.39, 0.29) is 0 Å². The zero-order valence-electron chi connectivity index (χ0n) is 9.76. The maximum absolute atomic E-state index is 5.56.